The Morgan fingerprint density at radius 2 is 1.56 bits per heavy atom. The maximum Gasteiger partial charge on any atom is 0.257 e. The molecule has 3 rings (SSSR count). The first-order chi connectivity index (χ1) is 15.1. The van der Waals surface area contributed by atoms with Crippen molar-refractivity contribution in [1.82, 2.24) is 0 Å². The van der Waals surface area contributed by atoms with Gasteiger partial charge in [-0.2, -0.15) is 0 Å². The van der Waals surface area contributed by atoms with Crippen LogP contribution in [0.5, 0.6) is 17.2 Å². The summed E-state index contributed by atoms with van der Waals surface area (Å²) >= 11 is 19.7. The normalized spacial score (nSPS) is 11.0. The fourth-order valence-corrected chi connectivity index (χ4v) is 4.06. The van der Waals surface area contributed by atoms with Crippen molar-refractivity contribution >= 4 is 85.1 Å². The number of nitrogens with one attached hydrogen (secondary N) is 2. The molecule has 0 saturated carbocycles. The second-order valence-corrected chi connectivity index (χ2v) is 9.82. The summed E-state index contributed by atoms with van der Waals surface area (Å²) in [4.78, 5) is 13.0. The van der Waals surface area contributed by atoms with Gasteiger partial charge in [0.25, 0.3) is 5.91 Å². The Kier molecular flexibility index (Phi) is 7.99. The van der Waals surface area contributed by atoms with E-state index >= 15 is 0 Å². The van der Waals surface area contributed by atoms with Crippen molar-refractivity contribution in [3.63, 3.8) is 0 Å². The van der Waals surface area contributed by atoms with Crippen LogP contribution in [-0.4, -0.2) is 20.6 Å². The van der Waals surface area contributed by atoms with Crippen LogP contribution in [0.25, 0.3) is 0 Å². The first kappa shape index (κ1) is 24.7. The number of carbonyl (C=O) groups excluding carboxylic acids is 1. The summed E-state index contributed by atoms with van der Waals surface area (Å²) < 4.78 is 36.8. The maximum atomic E-state index is 13.0. The Morgan fingerprint density at radius 3 is 2.19 bits per heavy atom. The summed E-state index contributed by atoms with van der Waals surface area (Å²) in [5.74, 6) is 0.714. The largest absolute Gasteiger partial charge is 0.457 e. The zero-order valence-corrected chi connectivity index (χ0v) is 21.4. The van der Waals surface area contributed by atoms with Gasteiger partial charge in [0.2, 0.25) is 10.0 Å². The van der Waals surface area contributed by atoms with Gasteiger partial charge in [-0.3, -0.25) is 9.52 Å². The summed E-state index contributed by atoms with van der Waals surface area (Å²) in [5, 5.41) is 3.08. The quantitative estimate of drug-likeness (QED) is 0.222. The molecule has 12 heteroatoms. The lowest BCUT2D eigenvalue weighted by Gasteiger charge is -2.14. The molecule has 0 radical (unpaired) electrons. The van der Waals surface area contributed by atoms with E-state index in [1.807, 2.05) is 0 Å². The summed E-state index contributed by atoms with van der Waals surface area (Å²) in [5.41, 5.74) is 0.349. The van der Waals surface area contributed by atoms with Crippen molar-refractivity contribution in [2.75, 3.05) is 16.3 Å². The van der Waals surface area contributed by atoms with E-state index in [2.05, 4.69) is 10.0 Å². The van der Waals surface area contributed by atoms with Crippen LogP contribution < -0.4 is 17.8 Å². The molecule has 3 aromatic carbocycles. The highest BCUT2D eigenvalue weighted by Crippen LogP contribution is 2.34. The van der Waals surface area contributed by atoms with Crippen molar-refractivity contribution < 1.29 is 21.0 Å². The van der Waals surface area contributed by atoms with Gasteiger partial charge in [-0.05, 0) is 42.5 Å². The molecule has 0 aliphatic carbocycles. The third-order valence-corrected chi connectivity index (χ3v) is 6.20. The van der Waals surface area contributed by atoms with E-state index in [0.717, 1.165) is 6.26 Å². The summed E-state index contributed by atoms with van der Waals surface area (Å²) in [7, 11) is -3.65. The lowest BCUT2D eigenvalue weighted by Crippen LogP contribution is -2.17. The minimum atomic E-state index is -3.65. The number of anilines is 2. The first-order valence-corrected chi connectivity index (χ1v) is 12.6. The molecule has 0 spiro atoms. The molecule has 2 N–H and O–H groups in total. The number of rotatable bonds is 7. The molecular formula is C20H14Cl3IN2O5S. The molecule has 0 atom stereocenters. The molecule has 0 aliphatic rings. The molecule has 0 fully saturated rings. The third-order valence-electron chi connectivity index (χ3n) is 3.90. The van der Waals surface area contributed by atoms with Crippen LogP contribution in [-0.2, 0) is 10.0 Å². The van der Waals surface area contributed by atoms with Crippen molar-refractivity contribution in [3.8, 4) is 17.2 Å². The van der Waals surface area contributed by atoms with Crippen LogP contribution in [0.3, 0.4) is 0 Å². The van der Waals surface area contributed by atoms with E-state index in [0.29, 0.717) is 17.2 Å². The van der Waals surface area contributed by atoms with Crippen molar-refractivity contribution in [2.24, 2.45) is 0 Å². The van der Waals surface area contributed by atoms with Gasteiger partial charge in [0.15, 0.2) is 23.0 Å². The van der Waals surface area contributed by atoms with Crippen LogP contribution >= 0.6 is 57.8 Å². The van der Waals surface area contributed by atoms with Crippen LogP contribution in [0.2, 0.25) is 15.1 Å². The second-order valence-electron chi connectivity index (χ2n) is 6.44. The molecule has 0 saturated heterocycles. The van der Waals surface area contributed by atoms with Gasteiger partial charge in [-0.25, -0.2) is 8.42 Å². The topological polar surface area (TPSA) is 93.7 Å². The van der Waals surface area contributed by atoms with Crippen molar-refractivity contribution in [1.29, 1.82) is 0 Å². The van der Waals surface area contributed by atoms with E-state index < -0.39 is 15.9 Å². The summed E-state index contributed by atoms with van der Waals surface area (Å²) in [6.07, 6.45) is 0.980. The van der Waals surface area contributed by atoms with Crippen LogP contribution in [0.4, 0.5) is 11.4 Å². The molecule has 0 aromatic heterocycles. The number of sulfonamides is 1. The predicted molar refractivity (Wildman–Crippen MR) is 135 cm³/mol. The molecule has 32 heavy (non-hydrogen) atoms. The van der Waals surface area contributed by atoms with Crippen LogP contribution in [0, 0.1) is 0 Å². The minimum Gasteiger partial charge on any atom is -0.457 e. The predicted octanol–water partition coefficient (Wildman–Crippen LogP) is 6.79. The van der Waals surface area contributed by atoms with E-state index in [-0.39, 0.29) is 32.0 Å². The number of halogens is 4. The minimum absolute atomic E-state index is 0.0106. The molecular weight excluding hydrogens is 614 g/mol. The molecule has 0 unspecified atom stereocenters. The molecule has 3 aromatic rings. The number of hydrogen-bond donors (Lipinski definition) is 2. The highest BCUT2D eigenvalue weighted by Gasteiger charge is 2.17. The standard InChI is InChI=1S/C20H14Cl3IN2O5S/c1-32(28,29)26-18-6-5-13(30-12-3-2-4-14(9-12)31-24)10-15(18)20(27)25-11-7-16(21)19(23)17(22)8-11/h2-10,26H,1H3,(H,25,27). The number of ether oxygens (including phenoxy) is 1. The average Bonchev–Trinajstić information content (AvgIpc) is 2.72. The van der Waals surface area contributed by atoms with Gasteiger partial charge in [0.05, 0.1) is 32.6 Å². The van der Waals surface area contributed by atoms with Crippen molar-refractivity contribution in [3.05, 3.63) is 75.2 Å². The third kappa shape index (κ3) is 6.55. The number of carbonyl (C=O) groups is 1. The Balaban J connectivity index is 1.96. The van der Waals surface area contributed by atoms with Gasteiger partial charge in [-0.1, -0.05) is 40.9 Å². The number of hydrogen-bond acceptors (Lipinski definition) is 5. The molecule has 0 bridgehead atoms. The number of amides is 1. The molecule has 0 heterocycles. The smallest absolute Gasteiger partial charge is 0.257 e. The summed E-state index contributed by atoms with van der Waals surface area (Å²) in [6.45, 7) is 0. The Hall–Kier alpha value is -1.92. The molecule has 7 nitrogen and oxygen atoms in total. The Morgan fingerprint density at radius 1 is 0.938 bits per heavy atom. The fraction of sp³-hybridized carbons (Fsp3) is 0.0500. The molecule has 0 aliphatic heterocycles. The van der Waals surface area contributed by atoms with Gasteiger partial charge in [0.1, 0.15) is 17.2 Å². The average molecular weight is 628 g/mol. The monoisotopic (exact) mass is 626 g/mol. The number of benzene rings is 3. The lowest BCUT2D eigenvalue weighted by atomic mass is 10.1. The highest BCUT2D eigenvalue weighted by atomic mass is 127. The fourth-order valence-electron chi connectivity index (χ4n) is 2.61. The maximum absolute atomic E-state index is 13.0. The molecule has 1 amide bonds. The molecule has 168 valence electrons. The van der Waals surface area contributed by atoms with Gasteiger partial charge in [0, 0.05) is 11.8 Å². The van der Waals surface area contributed by atoms with Gasteiger partial charge < -0.3 is 13.1 Å². The first-order valence-electron chi connectivity index (χ1n) is 8.70. The van der Waals surface area contributed by atoms with E-state index in [1.165, 1.54) is 30.3 Å². The Bertz CT molecular complexity index is 1260. The zero-order chi connectivity index (χ0) is 23.5. The SMILES string of the molecule is CS(=O)(=O)Nc1ccc(Oc2cccc(OI)c2)cc1C(=O)Nc1cc(Cl)c(Cl)c(Cl)c1. The van der Waals surface area contributed by atoms with E-state index in [4.69, 9.17) is 42.6 Å². The van der Waals surface area contributed by atoms with Gasteiger partial charge >= 0.3 is 0 Å². The highest BCUT2D eigenvalue weighted by molar-refractivity contribution is 14.1. The van der Waals surface area contributed by atoms with Crippen LogP contribution in [0.15, 0.2) is 54.6 Å². The van der Waals surface area contributed by atoms with Gasteiger partial charge in [-0.15, -0.1) is 0 Å². The second kappa shape index (κ2) is 10.3. The van der Waals surface area contributed by atoms with Crippen molar-refractivity contribution in [2.45, 2.75) is 0 Å². The summed E-state index contributed by atoms with van der Waals surface area (Å²) in [6, 6.07) is 14.1. The van der Waals surface area contributed by atoms with E-state index in [1.54, 1.807) is 47.3 Å². The zero-order valence-electron chi connectivity index (χ0n) is 16.2. The van der Waals surface area contributed by atoms with Crippen LogP contribution in [0.1, 0.15) is 10.4 Å². The van der Waals surface area contributed by atoms with E-state index in [9.17, 15) is 13.2 Å². The Labute approximate surface area is 213 Å². The lowest BCUT2D eigenvalue weighted by molar-refractivity contribution is 0.102.